The predicted molar refractivity (Wildman–Crippen MR) is 148 cm³/mol. The first-order valence-corrected chi connectivity index (χ1v) is 15.6. The average molecular weight is 579 g/mol. The number of H-pyrrole nitrogens is 1. The number of nitrogens with zero attached hydrogens (tertiary/aromatic N) is 2. The lowest BCUT2D eigenvalue weighted by Gasteiger charge is -2.36. The number of carbonyl (C=O) groups is 2. The molecule has 1 aliphatic heterocycles. The van der Waals surface area contributed by atoms with Gasteiger partial charge in [0.25, 0.3) is 11.8 Å². The lowest BCUT2D eigenvalue weighted by atomic mass is 9.82. The Hall–Kier alpha value is -2.51. The van der Waals surface area contributed by atoms with Crippen molar-refractivity contribution in [2.24, 2.45) is 5.92 Å². The Morgan fingerprint density at radius 1 is 1.18 bits per heavy atom. The number of hydrogen-bond acceptors (Lipinski definition) is 7. The number of thiazole rings is 1. The van der Waals surface area contributed by atoms with E-state index in [9.17, 15) is 18.0 Å². The molecule has 1 saturated carbocycles. The van der Waals surface area contributed by atoms with Crippen molar-refractivity contribution >= 4 is 55.7 Å². The van der Waals surface area contributed by atoms with Crippen LogP contribution in [0.3, 0.4) is 0 Å². The molecule has 204 valence electrons. The number of aromatic amines is 1. The smallest absolute Gasteiger partial charge is 0.280 e. The van der Waals surface area contributed by atoms with Crippen molar-refractivity contribution in [1.29, 1.82) is 0 Å². The van der Waals surface area contributed by atoms with Crippen molar-refractivity contribution in [3.8, 4) is 0 Å². The fourth-order valence-electron chi connectivity index (χ4n) is 5.17. The van der Waals surface area contributed by atoms with E-state index in [0.717, 1.165) is 47.2 Å². The summed E-state index contributed by atoms with van der Waals surface area (Å²) in [6.45, 7) is 1.97. The van der Waals surface area contributed by atoms with E-state index in [-0.39, 0.29) is 36.4 Å². The fraction of sp³-hybridized carbons (Fsp3) is 0.480. The van der Waals surface area contributed by atoms with Gasteiger partial charge in [-0.05, 0) is 56.5 Å². The lowest BCUT2D eigenvalue weighted by Crippen LogP contribution is -2.55. The summed E-state index contributed by atoms with van der Waals surface area (Å²) in [6.07, 6.45) is 3.77. The maximum Gasteiger partial charge on any atom is 0.280 e. The number of nitrogens with one attached hydrogen (secondary N) is 4. The second-order valence-electron chi connectivity index (χ2n) is 10.3. The number of likely N-dealkylation sites (N-methyl/N-ethyl adjacent to an activating group) is 1. The third kappa shape index (κ3) is 6.37. The van der Waals surface area contributed by atoms with Gasteiger partial charge in [0.05, 0.1) is 11.9 Å². The van der Waals surface area contributed by atoms with Gasteiger partial charge in [-0.3, -0.25) is 9.59 Å². The molecule has 0 saturated heterocycles. The van der Waals surface area contributed by atoms with E-state index in [4.69, 9.17) is 11.6 Å². The molecule has 1 aliphatic carbocycles. The highest BCUT2D eigenvalue weighted by molar-refractivity contribution is 7.88. The first kappa shape index (κ1) is 27.1. The second kappa shape index (κ2) is 10.9. The largest absolute Gasteiger partial charge is 0.351 e. The molecule has 4 N–H and O–H groups in total. The Morgan fingerprint density at radius 3 is 2.76 bits per heavy atom. The van der Waals surface area contributed by atoms with E-state index in [0.29, 0.717) is 35.0 Å². The lowest BCUT2D eigenvalue weighted by molar-refractivity contribution is 0.0843. The molecule has 0 bridgehead atoms. The Balaban J connectivity index is 1.32. The van der Waals surface area contributed by atoms with Gasteiger partial charge >= 0.3 is 0 Å². The molecule has 1 fully saturated rings. The molecule has 13 heteroatoms. The van der Waals surface area contributed by atoms with Gasteiger partial charge in [0.15, 0.2) is 5.01 Å². The topological polar surface area (TPSA) is 136 Å². The number of sulfonamides is 1. The maximum atomic E-state index is 13.3. The number of halogens is 1. The third-order valence-electron chi connectivity index (χ3n) is 7.17. The third-order valence-corrected chi connectivity index (χ3v) is 9.18. The molecule has 3 aromatic rings. The number of carbonyl (C=O) groups excluding carboxylic acids is 2. The summed E-state index contributed by atoms with van der Waals surface area (Å²) in [4.78, 5) is 37.5. The van der Waals surface area contributed by atoms with E-state index in [1.165, 1.54) is 11.3 Å². The van der Waals surface area contributed by atoms with Crippen molar-refractivity contribution in [3.05, 3.63) is 50.6 Å². The van der Waals surface area contributed by atoms with Crippen molar-refractivity contribution in [3.63, 3.8) is 0 Å². The van der Waals surface area contributed by atoms with Gasteiger partial charge in [-0.1, -0.05) is 11.6 Å². The van der Waals surface area contributed by atoms with Crippen LogP contribution in [0.1, 0.15) is 50.1 Å². The Bertz CT molecular complexity index is 1470. The van der Waals surface area contributed by atoms with Crippen molar-refractivity contribution in [1.82, 2.24) is 30.2 Å². The van der Waals surface area contributed by atoms with Gasteiger partial charge in [0, 0.05) is 58.9 Å². The minimum atomic E-state index is -3.33. The molecule has 2 aliphatic rings. The number of rotatable bonds is 7. The summed E-state index contributed by atoms with van der Waals surface area (Å²) in [7, 11) is -1.29. The molecular weight excluding hydrogens is 548 g/mol. The molecular formula is C25H31ClN6O4S2. The zero-order valence-corrected chi connectivity index (χ0v) is 23.6. The summed E-state index contributed by atoms with van der Waals surface area (Å²) >= 11 is 7.49. The molecule has 2 amide bonds. The molecule has 3 heterocycles. The highest BCUT2D eigenvalue weighted by Crippen LogP contribution is 2.28. The van der Waals surface area contributed by atoms with Gasteiger partial charge in [-0.25, -0.2) is 18.1 Å². The van der Waals surface area contributed by atoms with Crippen LogP contribution in [0.15, 0.2) is 24.3 Å². The zero-order chi connectivity index (χ0) is 27.0. The standard InChI is InChI=1S/C25H31ClN6O4S2/c1-32-8-7-19-22(13-32)37-25(31-19)24(34)30-20-9-14(12-27-38(2,35)36)3-5-18(20)29-23(33)21-11-15-10-16(26)4-6-17(15)28-21/h4,6,10-11,14,18,20,27-28H,3,5,7-9,12-13H2,1-2H3,(H,29,33)(H,30,34)/t14-,18?,20?/m1/s1. The van der Waals surface area contributed by atoms with Crippen LogP contribution in [0.2, 0.25) is 5.02 Å². The fourth-order valence-corrected chi connectivity index (χ4v) is 6.98. The monoisotopic (exact) mass is 578 g/mol. The van der Waals surface area contributed by atoms with Crippen LogP contribution >= 0.6 is 22.9 Å². The molecule has 2 unspecified atom stereocenters. The van der Waals surface area contributed by atoms with Gasteiger partial charge < -0.3 is 20.5 Å². The SMILES string of the molecule is CN1CCc2nc(C(=O)NC3C[C@H](CNS(C)(=O)=O)CCC3NC(=O)c3cc4cc(Cl)ccc4[nH]3)sc2C1. The van der Waals surface area contributed by atoms with Crippen LogP contribution in [0, 0.1) is 5.92 Å². The summed E-state index contributed by atoms with van der Waals surface area (Å²) < 4.78 is 25.9. The van der Waals surface area contributed by atoms with Gasteiger partial charge in [0.2, 0.25) is 10.0 Å². The van der Waals surface area contributed by atoms with Gasteiger partial charge in [-0.15, -0.1) is 11.3 Å². The molecule has 1 aromatic carbocycles. The highest BCUT2D eigenvalue weighted by Gasteiger charge is 2.34. The molecule has 38 heavy (non-hydrogen) atoms. The van der Waals surface area contributed by atoms with Crippen LogP contribution in [0.25, 0.3) is 10.9 Å². The quantitative estimate of drug-likeness (QED) is 0.340. The highest BCUT2D eigenvalue weighted by atomic mass is 35.5. The number of benzene rings is 1. The number of amides is 2. The maximum absolute atomic E-state index is 13.3. The van der Waals surface area contributed by atoms with Crippen LogP contribution in [0.4, 0.5) is 0 Å². The van der Waals surface area contributed by atoms with E-state index in [2.05, 4.69) is 30.2 Å². The number of fused-ring (bicyclic) bond motifs is 2. The van der Waals surface area contributed by atoms with Crippen LogP contribution in [-0.4, -0.2) is 73.6 Å². The van der Waals surface area contributed by atoms with Crippen LogP contribution in [0.5, 0.6) is 0 Å². The van der Waals surface area contributed by atoms with Gasteiger partial charge in [0.1, 0.15) is 5.69 Å². The summed E-state index contributed by atoms with van der Waals surface area (Å²) in [5.41, 5.74) is 2.18. The Kier molecular flexibility index (Phi) is 7.79. The number of hydrogen-bond donors (Lipinski definition) is 4. The van der Waals surface area contributed by atoms with E-state index in [1.54, 1.807) is 18.2 Å². The van der Waals surface area contributed by atoms with Crippen molar-refractivity contribution in [2.45, 2.75) is 44.3 Å². The molecule has 5 rings (SSSR count). The zero-order valence-electron chi connectivity index (χ0n) is 21.2. The molecule has 2 aromatic heterocycles. The van der Waals surface area contributed by atoms with E-state index >= 15 is 0 Å². The first-order valence-electron chi connectivity index (χ1n) is 12.6. The Morgan fingerprint density at radius 2 is 1.97 bits per heavy atom. The normalized spacial score (nSPS) is 22.2. The Labute approximate surface area is 230 Å². The van der Waals surface area contributed by atoms with Crippen molar-refractivity contribution < 1.29 is 18.0 Å². The molecule has 3 atom stereocenters. The van der Waals surface area contributed by atoms with Crippen molar-refractivity contribution in [2.75, 3.05) is 26.4 Å². The first-order chi connectivity index (χ1) is 18.0. The summed E-state index contributed by atoms with van der Waals surface area (Å²) in [6, 6.07) is 6.42. The molecule has 10 nitrogen and oxygen atoms in total. The van der Waals surface area contributed by atoms with Crippen LogP contribution < -0.4 is 15.4 Å². The summed E-state index contributed by atoms with van der Waals surface area (Å²) in [5.74, 6) is -0.521. The molecule has 0 spiro atoms. The molecule has 0 radical (unpaired) electrons. The average Bonchev–Trinajstić information content (AvgIpc) is 3.47. The summed E-state index contributed by atoms with van der Waals surface area (Å²) in [5, 5.41) is 8.02. The predicted octanol–water partition coefficient (Wildman–Crippen LogP) is 2.51. The van der Waals surface area contributed by atoms with E-state index < -0.39 is 10.0 Å². The second-order valence-corrected chi connectivity index (χ2v) is 13.6. The van der Waals surface area contributed by atoms with Gasteiger partial charge in [-0.2, -0.15) is 0 Å². The van der Waals surface area contributed by atoms with E-state index in [1.807, 2.05) is 13.1 Å². The minimum absolute atomic E-state index is 0.0246. The number of aromatic nitrogens is 2. The van der Waals surface area contributed by atoms with Crippen LogP contribution in [-0.2, 0) is 23.0 Å². The minimum Gasteiger partial charge on any atom is -0.351 e.